The summed E-state index contributed by atoms with van der Waals surface area (Å²) in [5, 5.41) is 0. The summed E-state index contributed by atoms with van der Waals surface area (Å²) >= 11 is 1.69. The molecule has 0 spiro atoms. The van der Waals surface area contributed by atoms with Gasteiger partial charge in [-0.1, -0.05) is 25.1 Å². The maximum atomic E-state index is 12.8. The van der Waals surface area contributed by atoms with Gasteiger partial charge in [0.2, 0.25) is 0 Å². The van der Waals surface area contributed by atoms with Crippen LogP contribution in [0.3, 0.4) is 0 Å². The molecule has 1 unspecified atom stereocenters. The molecule has 1 aromatic rings. The Balaban J connectivity index is 2.24. The van der Waals surface area contributed by atoms with Crippen molar-refractivity contribution < 1.29 is 14.3 Å². The van der Waals surface area contributed by atoms with Gasteiger partial charge in [0, 0.05) is 23.6 Å². The van der Waals surface area contributed by atoms with E-state index in [1.54, 1.807) is 23.6 Å². The maximum absolute atomic E-state index is 12.8. The van der Waals surface area contributed by atoms with E-state index in [2.05, 4.69) is 0 Å². The lowest BCUT2D eigenvalue weighted by Gasteiger charge is -2.34. The molecule has 1 aliphatic rings. The number of amides is 1. The van der Waals surface area contributed by atoms with E-state index in [4.69, 9.17) is 4.74 Å². The van der Waals surface area contributed by atoms with Gasteiger partial charge >= 0.3 is 5.97 Å². The van der Waals surface area contributed by atoms with Crippen molar-refractivity contribution in [1.82, 2.24) is 4.90 Å². The van der Waals surface area contributed by atoms with Crippen molar-refractivity contribution in [2.24, 2.45) is 0 Å². The molecular weight excluding hydrogens is 286 g/mol. The molecule has 1 saturated heterocycles. The largest absolute Gasteiger partial charge is 0.464 e. The zero-order valence-corrected chi connectivity index (χ0v) is 13.3. The number of ether oxygens (including phenoxy) is 1. The monoisotopic (exact) mass is 307 g/mol. The van der Waals surface area contributed by atoms with Crippen LogP contribution in [-0.4, -0.2) is 47.5 Å². The molecule has 2 rings (SSSR count). The third kappa shape index (κ3) is 3.59. The summed E-state index contributed by atoms with van der Waals surface area (Å²) in [6, 6.07) is 7.13. The highest BCUT2D eigenvalue weighted by molar-refractivity contribution is 7.99. The molecule has 0 radical (unpaired) electrons. The molecule has 1 aromatic carbocycles. The minimum atomic E-state index is -0.471. The number of rotatable bonds is 4. The van der Waals surface area contributed by atoms with E-state index >= 15 is 0 Å². The number of hydrogen-bond donors (Lipinski definition) is 0. The molecule has 1 atom stereocenters. The first kappa shape index (κ1) is 15.9. The Kier molecular flexibility index (Phi) is 5.67. The van der Waals surface area contributed by atoms with Crippen LogP contribution in [0.5, 0.6) is 0 Å². The van der Waals surface area contributed by atoms with Gasteiger partial charge in [-0.05, 0) is 25.0 Å². The van der Waals surface area contributed by atoms with Gasteiger partial charge in [0.15, 0.2) is 0 Å². The van der Waals surface area contributed by atoms with E-state index < -0.39 is 6.04 Å². The molecule has 0 aromatic heterocycles. The summed E-state index contributed by atoms with van der Waals surface area (Å²) in [6.45, 7) is 4.74. The van der Waals surface area contributed by atoms with Crippen molar-refractivity contribution in [2.45, 2.75) is 26.3 Å². The Morgan fingerprint density at radius 1 is 1.33 bits per heavy atom. The summed E-state index contributed by atoms with van der Waals surface area (Å²) in [7, 11) is 0. The van der Waals surface area contributed by atoms with Crippen LogP contribution >= 0.6 is 11.8 Å². The standard InChI is InChI=1S/C16H21NO3S/c1-3-12-7-5-6-8-13(12)15(18)17-9-10-21-11-14(17)16(19)20-4-2/h5-8,14H,3-4,9-11H2,1-2H3. The predicted molar refractivity (Wildman–Crippen MR) is 84.6 cm³/mol. The third-order valence-electron chi connectivity index (χ3n) is 3.58. The summed E-state index contributed by atoms with van der Waals surface area (Å²) in [6.07, 6.45) is 0.800. The number of esters is 1. The predicted octanol–water partition coefficient (Wildman–Crippen LogP) is 2.37. The number of nitrogens with zero attached hydrogens (tertiary/aromatic N) is 1. The third-order valence-corrected chi connectivity index (χ3v) is 4.60. The van der Waals surface area contributed by atoms with E-state index in [1.165, 1.54) is 0 Å². The SMILES string of the molecule is CCOC(=O)C1CSCCN1C(=O)c1ccccc1CC. The van der Waals surface area contributed by atoms with Gasteiger partial charge in [0.25, 0.3) is 5.91 Å². The number of thioether (sulfide) groups is 1. The fourth-order valence-corrected chi connectivity index (χ4v) is 3.50. The normalized spacial score (nSPS) is 18.4. The van der Waals surface area contributed by atoms with Crippen molar-refractivity contribution in [2.75, 3.05) is 24.7 Å². The first-order chi connectivity index (χ1) is 10.2. The molecule has 1 fully saturated rings. The van der Waals surface area contributed by atoms with Crippen LogP contribution in [0.15, 0.2) is 24.3 Å². The van der Waals surface area contributed by atoms with Gasteiger partial charge in [-0.3, -0.25) is 4.79 Å². The Labute approximate surface area is 129 Å². The highest BCUT2D eigenvalue weighted by atomic mass is 32.2. The molecule has 114 valence electrons. The van der Waals surface area contributed by atoms with Gasteiger partial charge in [-0.15, -0.1) is 0 Å². The number of carbonyl (C=O) groups excluding carboxylic acids is 2. The Bertz CT molecular complexity index is 518. The molecule has 5 heteroatoms. The van der Waals surface area contributed by atoms with Gasteiger partial charge in [0.05, 0.1) is 6.61 Å². The lowest BCUT2D eigenvalue weighted by atomic mass is 10.0. The van der Waals surface area contributed by atoms with E-state index in [-0.39, 0.29) is 11.9 Å². The molecule has 1 heterocycles. The molecular formula is C16H21NO3S. The second kappa shape index (κ2) is 7.50. The fourth-order valence-electron chi connectivity index (χ4n) is 2.47. The van der Waals surface area contributed by atoms with E-state index in [0.29, 0.717) is 24.5 Å². The number of aryl methyl sites for hydroxylation is 1. The lowest BCUT2D eigenvalue weighted by molar-refractivity contribution is -0.147. The van der Waals surface area contributed by atoms with Gasteiger partial charge in [-0.25, -0.2) is 4.79 Å². The fraction of sp³-hybridized carbons (Fsp3) is 0.500. The topological polar surface area (TPSA) is 46.6 Å². The highest BCUT2D eigenvalue weighted by Gasteiger charge is 2.34. The Morgan fingerprint density at radius 2 is 2.10 bits per heavy atom. The summed E-state index contributed by atoms with van der Waals surface area (Å²) < 4.78 is 5.11. The second-order valence-corrected chi connectivity index (χ2v) is 6.00. The molecule has 0 bridgehead atoms. The smallest absolute Gasteiger partial charge is 0.329 e. The number of benzene rings is 1. The summed E-state index contributed by atoms with van der Waals surface area (Å²) in [5.74, 6) is 1.10. The van der Waals surface area contributed by atoms with Crippen molar-refractivity contribution in [3.05, 3.63) is 35.4 Å². The average molecular weight is 307 g/mol. The van der Waals surface area contributed by atoms with E-state index in [9.17, 15) is 9.59 Å². The molecule has 0 aliphatic carbocycles. The molecule has 21 heavy (non-hydrogen) atoms. The van der Waals surface area contributed by atoms with Crippen LogP contribution in [0.2, 0.25) is 0 Å². The quantitative estimate of drug-likeness (QED) is 0.801. The minimum Gasteiger partial charge on any atom is -0.464 e. The minimum absolute atomic E-state index is 0.0641. The van der Waals surface area contributed by atoms with Crippen molar-refractivity contribution in [3.8, 4) is 0 Å². The van der Waals surface area contributed by atoms with Crippen LogP contribution in [0.4, 0.5) is 0 Å². The lowest BCUT2D eigenvalue weighted by Crippen LogP contribution is -2.51. The van der Waals surface area contributed by atoms with E-state index in [0.717, 1.165) is 17.7 Å². The van der Waals surface area contributed by atoms with Crippen molar-refractivity contribution in [3.63, 3.8) is 0 Å². The van der Waals surface area contributed by atoms with Crippen LogP contribution in [0.1, 0.15) is 29.8 Å². The number of hydrogen-bond acceptors (Lipinski definition) is 4. The zero-order valence-electron chi connectivity index (χ0n) is 12.5. The van der Waals surface area contributed by atoms with Crippen LogP contribution < -0.4 is 0 Å². The zero-order chi connectivity index (χ0) is 15.2. The Morgan fingerprint density at radius 3 is 2.81 bits per heavy atom. The molecule has 1 aliphatic heterocycles. The van der Waals surface area contributed by atoms with Gasteiger partial charge in [0.1, 0.15) is 6.04 Å². The van der Waals surface area contributed by atoms with Crippen LogP contribution in [0.25, 0.3) is 0 Å². The molecule has 1 amide bonds. The van der Waals surface area contributed by atoms with Crippen LogP contribution in [0, 0.1) is 0 Å². The molecule has 0 saturated carbocycles. The molecule has 4 nitrogen and oxygen atoms in total. The second-order valence-electron chi connectivity index (χ2n) is 4.85. The number of carbonyl (C=O) groups is 2. The van der Waals surface area contributed by atoms with Crippen molar-refractivity contribution in [1.29, 1.82) is 0 Å². The summed E-state index contributed by atoms with van der Waals surface area (Å²) in [5.41, 5.74) is 1.71. The average Bonchev–Trinajstić information content (AvgIpc) is 2.54. The highest BCUT2D eigenvalue weighted by Crippen LogP contribution is 2.22. The Hall–Kier alpha value is -1.49. The van der Waals surface area contributed by atoms with Gasteiger partial charge < -0.3 is 9.64 Å². The van der Waals surface area contributed by atoms with E-state index in [1.807, 2.05) is 31.2 Å². The van der Waals surface area contributed by atoms with Gasteiger partial charge in [-0.2, -0.15) is 11.8 Å². The maximum Gasteiger partial charge on any atom is 0.329 e. The first-order valence-corrected chi connectivity index (χ1v) is 8.47. The van der Waals surface area contributed by atoms with Crippen LogP contribution in [-0.2, 0) is 16.0 Å². The first-order valence-electron chi connectivity index (χ1n) is 7.32. The van der Waals surface area contributed by atoms with Crippen molar-refractivity contribution >= 4 is 23.6 Å². The molecule has 0 N–H and O–H groups in total. The summed E-state index contributed by atoms with van der Waals surface area (Å²) in [4.78, 5) is 26.5.